The van der Waals surface area contributed by atoms with Gasteiger partial charge in [-0.25, -0.2) is 0 Å². The summed E-state index contributed by atoms with van der Waals surface area (Å²) in [5.41, 5.74) is 2.92. The quantitative estimate of drug-likeness (QED) is 0.428. The average Bonchev–Trinajstić information content (AvgIpc) is 3.37. The molecule has 0 radical (unpaired) electrons. The average molecular weight is 486 g/mol. The zero-order valence-corrected chi connectivity index (χ0v) is 20.2. The van der Waals surface area contributed by atoms with Gasteiger partial charge in [0.15, 0.2) is 17.3 Å². The Morgan fingerprint density at radius 2 is 1.56 bits per heavy atom. The van der Waals surface area contributed by atoms with Crippen LogP contribution in [-0.4, -0.2) is 57.1 Å². The lowest BCUT2D eigenvalue weighted by molar-refractivity contribution is 0.0717. The van der Waals surface area contributed by atoms with Gasteiger partial charge in [0.2, 0.25) is 0 Å². The Hall–Kier alpha value is -4.46. The monoisotopic (exact) mass is 485 g/mol. The summed E-state index contributed by atoms with van der Waals surface area (Å²) in [6, 6.07) is 22.2. The fourth-order valence-corrected chi connectivity index (χ4v) is 4.35. The van der Waals surface area contributed by atoms with E-state index in [9.17, 15) is 9.59 Å². The number of rotatable bonds is 6. The summed E-state index contributed by atoms with van der Waals surface area (Å²) in [5, 5.41) is 3.84. The zero-order chi connectivity index (χ0) is 25.1. The predicted octanol–water partition coefficient (Wildman–Crippen LogP) is 4.66. The summed E-state index contributed by atoms with van der Waals surface area (Å²) in [5.74, 6) is 1.12. The van der Waals surface area contributed by atoms with Crippen LogP contribution < -0.4 is 19.7 Å². The molecule has 1 saturated heterocycles. The molecule has 36 heavy (non-hydrogen) atoms. The molecule has 8 heteroatoms. The molecule has 4 aromatic rings. The van der Waals surface area contributed by atoms with Crippen molar-refractivity contribution in [3.63, 3.8) is 0 Å². The van der Waals surface area contributed by atoms with E-state index in [-0.39, 0.29) is 11.8 Å². The van der Waals surface area contributed by atoms with Gasteiger partial charge in [0.1, 0.15) is 5.58 Å². The van der Waals surface area contributed by atoms with Crippen molar-refractivity contribution in [2.24, 2.45) is 0 Å². The number of methoxy groups -OCH3 is 2. The molecule has 1 aromatic heterocycles. The van der Waals surface area contributed by atoms with Gasteiger partial charge in [0.05, 0.1) is 14.2 Å². The number of hydrogen-bond donors (Lipinski definition) is 1. The number of para-hydroxylation sites is 1. The Kier molecular flexibility index (Phi) is 6.49. The molecule has 0 saturated carbocycles. The molecule has 3 aromatic carbocycles. The van der Waals surface area contributed by atoms with Crippen molar-refractivity contribution in [1.29, 1.82) is 0 Å². The van der Waals surface area contributed by atoms with E-state index < -0.39 is 0 Å². The number of carbonyl (C=O) groups excluding carboxylic acids is 2. The Bertz CT molecular complexity index is 1360. The maximum absolute atomic E-state index is 12.9. The fraction of sp³-hybridized carbons (Fsp3) is 0.214. The first kappa shape index (κ1) is 23.3. The second-order valence-corrected chi connectivity index (χ2v) is 8.50. The zero-order valence-electron chi connectivity index (χ0n) is 20.2. The second-order valence-electron chi connectivity index (χ2n) is 8.50. The van der Waals surface area contributed by atoms with Gasteiger partial charge in [0, 0.05) is 48.5 Å². The molecule has 1 aliphatic heterocycles. The van der Waals surface area contributed by atoms with Crippen LogP contribution in [0, 0.1) is 0 Å². The van der Waals surface area contributed by atoms with E-state index in [1.165, 1.54) is 7.11 Å². The van der Waals surface area contributed by atoms with Gasteiger partial charge in [-0.05, 0) is 54.6 Å². The van der Waals surface area contributed by atoms with E-state index in [1.54, 1.807) is 31.4 Å². The van der Waals surface area contributed by atoms with Crippen molar-refractivity contribution in [2.45, 2.75) is 0 Å². The topological polar surface area (TPSA) is 84.3 Å². The molecule has 0 aliphatic carbocycles. The summed E-state index contributed by atoms with van der Waals surface area (Å²) in [7, 11) is 3.09. The summed E-state index contributed by atoms with van der Waals surface area (Å²) >= 11 is 0. The molecule has 1 N–H and O–H groups in total. The first-order valence-corrected chi connectivity index (χ1v) is 11.7. The third kappa shape index (κ3) is 4.70. The summed E-state index contributed by atoms with van der Waals surface area (Å²) < 4.78 is 16.3. The van der Waals surface area contributed by atoms with Crippen LogP contribution in [0.5, 0.6) is 11.5 Å². The van der Waals surface area contributed by atoms with Crippen LogP contribution in [0.3, 0.4) is 0 Å². The molecule has 1 fully saturated rings. The molecule has 0 bridgehead atoms. The number of nitrogens with zero attached hydrogens (tertiary/aromatic N) is 2. The lowest BCUT2D eigenvalue weighted by Crippen LogP contribution is -2.48. The molecule has 0 spiro atoms. The van der Waals surface area contributed by atoms with Crippen molar-refractivity contribution in [2.75, 3.05) is 50.6 Å². The summed E-state index contributed by atoms with van der Waals surface area (Å²) in [6.07, 6.45) is 0. The Morgan fingerprint density at radius 1 is 0.833 bits per heavy atom. The third-order valence-corrected chi connectivity index (χ3v) is 6.34. The highest BCUT2D eigenvalue weighted by Gasteiger charge is 2.24. The van der Waals surface area contributed by atoms with Gasteiger partial charge < -0.3 is 29.0 Å². The SMILES string of the molecule is COc1ccc(C(=O)Nc2ccc(N3CCN(C(=O)c4cc5ccccc5o4)CC3)cc2)cc1OC. The number of furan rings is 1. The van der Waals surface area contributed by atoms with E-state index in [1.807, 2.05) is 53.4 Å². The molecule has 8 nitrogen and oxygen atoms in total. The molecular formula is C28H27N3O5. The fourth-order valence-electron chi connectivity index (χ4n) is 4.35. The smallest absolute Gasteiger partial charge is 0.289 e. The lowest BCUT2D eigenvalue weighted by atomic mass is 10.1. The molecule has 0 unspecified atom stereocenters. The number of amides is 2. The highest BCUT2D eigenvalue weighted by molar-refractivity contribution is 6.04. The Labute approximate surface area is 209 Å². The minimum absolute atomic E-state index is 0.0842. The highest BCUT2D eigenvalue weighted by Crippen LogP contribution is 2.28. The van der Waals surface area contributed by atoms with Crippen molar-refractivity contribution in [3.05, 3.63) is 84.1 Å². The summed E-state index contributed by atoms with van der Waals surface area (Å²) in [4.78, 5) is 29.6. The molecule has 5 rings (SSSR count). The van der Waals surface area contributed by atoms with Crippen molar-refractivity contribution in [1.82, 2.24) is 4.90 Å². The molecule has 1 aliphatic rings. The van der Waals surface area contributed by atoms with Crippen molar-refractivity contribution in [3.8, 4) is 11.5 Å². The van der Waals surface area contributed by atoms with Gasteiger partial charge in [0.25, 0.3) is 11.8 Å². The number of piperazine rings is 1. The van der Waals surface area contributed by atoms with Crippen LogP contribution in [0.25, 0.3) is 11.0 Å². The first-order chi connectivity index (χ1) is 17.6. The second kappa shape index (κ2) is 10.0. The van der Waals surface area contributed by atoms with Gasteiger partial charge in [-0.15, -0.1) is 0 Å². The largest absolute Gasteiger partial charge is 0.493 e. The van der Waals surface area contributed by atoms with Gasteiger partial charge in [-0.3, -0.25) is 9.59 Å². The third-order valence-electron chi connectivity index (χ3n) is 6.34. The first-order valence-electron chi connectivity index (χ1n) is 11.7. The Morgan fingerprint density at radius 3 is 2.25 bits per heavy atom. The van der Waals surface area contributed by atoms with Gasteiger partial charge >= 0.3 is 0 Å². The van der Waals surface area contributed by atoms with Crippen LogP contribution in [0.4, 0.5) is 11.4 Å². The lowest BCUT2D eigenvalue weighted by Gasteiger charge is -2.35. The van der Waals surface area contributed by atoms with Crippen LogP contribution in [0.1, 0.15) is 20.9 Å². The standard InChI is InChI=1S/C28H27N3O5/c1-34-24-12-7-20(18-25(24)35-2)27(32)29-21-8-10-22(11-9-21)30-13-15-31(16-14-30)28(33)26-17-19-5-3-4-6-23(19)36-26/h3-12,17-18H,13-16H2,1-2H3,(H,29,32). The van der Waals surface area contributed by atoms with Crippen molar-refractivity contribution >= 4 is 34.2 Å². The summed E-state index contributed by atoms with van der Waals surface area (Å²) in [6.45, 7) is 2.63. The molecule has 0 atom stereocenters. The maximum Gasteiger partial charge on any atom is 0.289 e. The predicted molar refractivity (Wildman–Crippen MR) is 138 cm³/mol. The number of anilines is 2. The number of nitrogens with one attached hydrogen (secondary N) is 1. The number of hydrogen-bond acceptors (Lipinski definition) is 6. The molecule has 2 amide bonds. The van der Waals surface area contributed by atoms with E-state index in [0.717, 1.165) is 16.7 Å². The maximum atomic E-state index is 12.9. The minimum atomic E-state index is -0.235. The number of benzene rings is 3. The van der Waals surface area contributed by atoms with Gasteiger partial charge in [-0.1, -0.05) is 18.2 Å². The minimum Gasteiger partial charge on any atom is -0.493 e. The Balaban J connectivity index is 1.18. The van der Waals surface area contributed by atoms with Crippen LogP contribution in [-0.2, 0) is 0 Å². The molecular weight excluding hydrogens is 458 g/mol. The van der Waals surface area contributed by atoms with E-state index in [4.69, 9.17) is 13.9 Å². The van der Waals surface area contributed by atoms with Crippen LogP contribution in [0.2, 0.25) is 0 Å². The number of carbonyl (C=O) groups is 2. The van der Waals surface area contributed by atoms with E-state index in [0.29, 0.717) is 54.7 Å². The van der Waals surface area contributed by atoms with Gasteiger partial charge in [-0.2, -0.15) is 0 Å². The van der Waals surface area contributed by atoms with Crippen LogP contribution >= 0.6 is 0 Å². The molecule has 2 heterocycles. The van der Waals surface area contributed by atoms with Crippen LogP contribution in [0.15, 0.2) is 77.2 Å². The number of ether oxygens (including phenoxy) is 2. The van der Waals surface area contributed by atoms with E-state index in [2.05, 4.69) is 10.2 Å². The number of fused-ring (bicyclic) bond motifs is 1. The molecule has 184 valence electrons. The normalized spacial score (nSPS) is 13.5. The highest BCUT2D eigenvalue weighted by atomic mass is 16.5. The van der Waals surface area contributed by atoms with E-state index >= 15 is 0 Å². The van der Waals surface area contributed by atoms with Crippen molar-refractivity contribution < 1.29 is 23.5 Å².